The molecule has 2 atom stereocenters. The van der Waals surface area contributed by atoms with E-state index >= 15 is 0 Å². The van der Waals surface area contributed by atoms with Crippen molar-refractivity contribution in [1.29, 1.82) is 0 Å². The van der Waals surface area contributed by atoms with E-state index in [0.717, 1.165) is 12.0 Å². The van der Waals surface area contributed by atoms with E-state index in [1.807, 2.05) is 30.3 Å². The van der Waals surface area contributed by atoms with Crippen molar-refractivity contribution in [2.45, 2.75) is 38.1 Å². The highest BCUT2D eigenvalue weighted by molar-refractivity contribution is 6.02. The van der Waals surface area contributed by atoms with Gasteiger partial charge in [0.1, 0.15) is 0 Å². The van der Waals surface area contributed by atoms with E-state index in [0.29, 0.717) is 29.8 Å². The van der Waals surface area contributed by atoms with Gasteiger partial charge in [0.15, 0.2) is 0 Å². The summed E-state index contributed by atoms with van der Waals surface area (Å²) in [6.07, 6.45) is 9.36. The average molecular weight is 419 g/mol. The molecule has 162 valence electrons. The van der Waals surface area contributed by atoms with Gasteiger partial charge in [-0.25, -0.2) is 4.79 Å². The Labute approximate surface area is 184 Å². The van der Waals surface area contributed by atoms with Crippen LogP contribution >= 0.6 is 0 Å². The van der Waals surface area contributed by atoms with Crippen LogP contribution in [0.1, 0.15) is 48.0 Å². The molecule has 1 N–H and O–H groups in total. The first-order valence-electron chi connectivity index (χ1n) is 11.2. The lowest BCUT2D eigenvalue weighted by Gasteiger charge is -2.44. The number of anilines is 1. The summed E-state index contributed by atoms with van der Waals surface area (Å²) in [6.45, 7) is 2.86. The second-order valence-electron chi connectivity index (χ2n) is 8.41. The first kappa shape index (κ1) is 21.3. The predicted octanol–water partition coefficient (Wildman–Crippen LogP) is 4.76. The SMILES string of the molecule is O=C(/C=C/c1ccccc1)Nc1ccc(C(=O)OC[C@@H]2CCCN3CCCC[C@@H]23)cc1. The van der Waals surface area contributed by atoms with Crippen molar-refractivity contribution in [2.24, 2.45) is 5.92 Å². The van der Waals surface area contributed by atoms with Crippen LogP contribution in [0.25, 0.3) is 6.08 Å². The maximum Gasteiger partial charge on any atom is 0.338 e. The molecule has 0 saturated carbocycles. The van der Waals surface area contributed by atoms with E-state index in [4.69, 9.17) is 4.74 Å². The van der Waals surface area contributed by atoms with Crippen LogP contribution in [-0.2, 0) is 9.53 Å². The Hall–Kier alpha value is -2.92. The molecule has 2 aliphatic rings. The number of hydrogen-bond donors (Lipinski definition) is 1. The van der Waals surface area contributed by atoms with Gasteiger partial charge in [0.05, 0.1) is 12.2 Å². The fourth-order valence-corrected chi connectivity index (χ4v) is 4.65. The number of rotatable bonds is 6. The number of carbonyl (C=O) groups excluding carboxylic acids is 2. The number of carbonyl (C=O) groups is 2. The summed E-state index contributed by atoms with van der Waals surface area (Å²) in [4.78, 5) is 27.2. The third kappa shape index (κ3) is 5.82. The van der Waals surface area contributed by atoms with Crippen LogP contribution < -0.4 is 5.32 Å². The molecule has 5 nitrogen and oxygen atoms in total. The van der Waals surface area contributed by atoms with Crippen LogP contribution in [0.15, 0.2) is 60.7 Å². The van der Waals surface area contributed by atoms with Gasteiger partial charge in [-0.3, -0.25) is 9.69 Å². The molecule has 1 amide bonds. The van der Waals surface area contributed by atoms with E-state index in [-0.39, 0.29) is 11.9 Å². The molecule has 31 heavy (non-hydrogen) atoms. The molecule has 0 unspecified atom stereocenters. The van der Waals surface area contributed by atoms with Crippen LogP contribution in [-0.4, -0.2) is 42.5 Å². The molecule has 2 heterocycles. The van der Waals surface area contributed by atoms with Crippen molar-refractivity contribution < 1.29 is 14.3 Å². The molecule has 0 aromatic heterocycles. The zero-order valence-corrected chi connectivity index (χ0v) is 17.8. The van der Waals surface area contributed by atoms with Crippen LogP contribution in [0.5, 0.6) is 0 Å². The van der Waals surface area contributed by atoms with E-state index in [2.05, 4.69) is 10.2 Å². The van der Waals surface area contributed by atoms with Gasteiger partial charge in [0, 0.05) is 23.7 Å². The maximum atomic E-state index is 12.5. The fourth-order valence-electron chi connectivity index (χ4n) is 4.65. The summed E-state index contributed by atoms with van der Waals surface area (Å²) in [7, 11) is 0. The normalized spacial score (nSPS) is 21.4. The molecule has 0 aliphatic carbocycles. The number of piperidine rings is 2. The van der Waals surface area contributed by atoms with Crippen LogP contribution in [0.2, 0.25) is 0 Å². The van der Waals surface area contributed by atoms with Crippen molar-refractivity contribution >= 4 is 23.6 Å². The number of nitrogens with zero attached hydrogens (tertiary/aromatic N) is 1. The lowest BCUT2D eigenvalue weighted by Crippen LogP contribution is -2.49. The Bertz CT molecular complexity index is 906. The van der Waals surface area contributed by atoms with Crippen molar-refractivity contribution in [2.75, 3.05) is 25.0 Å². The number of fused-ring (bicyclic) bond motifs is 1. The molecular formula is C26H30N2O3. The summed E-state index contributed by atoms with van der Waals surface area (Å²) in [5.74, 6) is -0.0729. The number of ether oxygens (including phenoxy) is 1. The molecule has 0 radical (unpaired) electrons. The predicted molar refractivity (Wildman–Crippen MR) is 123 cm³/mol. The molecule has 2 aromatic carbocycles. The first-order valence-corrected chi connectivity index (χ1v) is 11.2. The van der Waals surface area contributed by atoms with Crippen molar-refractivity contribution in [1.82, 2.24) is 4.90 Å². The molecule has 2 aliphatic heterocycles. The standard InChI is InChI=1S/C26H30N2O3/c29-25(16-11-20-7-2-1-3-8-20)27-23-14-12-21(13-15-23)26(30)31-19-22-9-6-18-28-17-5-4-10-24(22)28/h1-3,7-8,11-16,22,24H,4-6,9-10,17-19H2,(H,27,29)/b16-11+/t22-,24-/m0/s1. The van der Waals surface area contributed by atoms with Crippen molar-refractivity contribution in [3.63, 3.8) is 0 Å². The number of hydrogen-bond acceptors (Lipinski definition) is 4. The van der Waals surface area contributed by atoms with Gasteiger partial charge in [-0.15, -0.1) is 0 Å². The molecule has 0 spiro atoms. The van der Waals surface area contributed by atoms with E-state index in [1.54, 1.807) is 30.3 Å². The van der Waals surface area contributed by atoms with Crippen LogP contribution in [0.4, 0.5) is 5.69 Å². The third-order valence-corrected chi connectivity index (χ3v) is 6.27. The maximum absolute atomic E-state index is 12.5. The summed E-state index contributed by atoms with van der Waals surface area (Å²) >= 11 is 0. The van der Waals surface area contributed by atoms with Crippen LogP contribution in [0, 0.1) is 5.92 Å². The van der Waals surface area contributed by atoms with Crippen molar-refractivity contribution in [3.05, 3.63) is 71.8 Å². The Kier molecular flexibility index (Phi) is 7.15. The van der Waals surface area contributed by atoms with E-state index in [1.165, 1.54) is 44.8 Å². The Morgan fingerprint density at radius 1 is 0.968 bits per heavy atom. The Morgan fingerprint density at radius 2 is 1.74 bits per heavy atom. The minimum Gasteiger partial charge on any atom is -0.462 e. The zero-order valence-electron chi connectivity index (χ0n) is 17.8. The van der Waals surface area contributed by atoms with Gasteiger partial charge in [-0.1, -0.05) is 36.8 Å². The topological polar surface area (TPSA) is 58.6 Å². The fraction of sp³-hybridized carbons (Fsp3) is 0.385. The van der Waals surface area contributed by atoms with Crippen LogP contribution in [0.3, 0.4) is 0 Å². The van der Waals surface area contributed by atoms with Gasteiger partial charge in [-0.05, 0) is 74.7 Å². The number of benzene rings is 2. The smallest absolute Gasteiger partial charge is 0.338 e. The minimum absolute atomic E-state index is 0.214. The van der Waals surface area contributed by atoms with Gasteiger partial charge in [0.25, 0.3) is 0 Å². The second kappa shape index (κ2) is 10.4. The lowest BCUT2D eigenvalue weighted by atomic mass is 9.84. The molecule has 2 fully saturated rings. The highest BCUT2D eigenvalue weighted by atomic mass is 16.5. The summed E-state index contributed by atoms with van der Waals surface area (Å²) in [5, 5.41) is 2.81. The Balaban J connectivity index is 1.27. The van der Waals surface area contributed by atoms with Gasteiger partial charge >= 0.3 is 5.97 Å². The molecule has 2 saturated heterocycles. The monoisotopic (exact) mass is 418 g/mol. The van der Waals surface area contributed by atoms with Gasteiger partial charge in [-0.2, -0.15) is 0 Å². The van der Waals surface area contributed by atoms with Gasteiger partial charge < -0.3 is 10.1 Å². The van der Waals surface area contributed by atoms with E-state index < -0.39 is 0 Å². The highest BCUT2D eigenvalue weighted by Crippen LogP contribution is 2.31. The third-order valence-electron chi connectivity index (χ3n) is 6.27. The Morgan fingerprint density at radius 3 is 2.55 bits per heavy atom. The van der Waals surface area contributed by atoms with Crippen molar-refractivity contribution in [3.8, 4) is 0 Å². The number of amides is 1. The molecule has 4 rings (SSSR count). The largest absolute Gasteiger partial charge is 0.462 e. The average Bonchev–Trinajstić information content (AvgIpc) is 2.82. The quantitative estimate of drug-likeness (QED) is 0.543. The second-order valence-corrected chi connectivity index (χ2v) is 8.41. The minimum atomic E-state index is -0.296. The molecule has 2 aromatic rings. The molecular weight excluding hydrogens is 388 g/mol. The molecule has 0 bridgehead atoms. The lowest BCUT2D eigenvalue weighted by molar-refractivity contribution is -0.111. The number of esters is 1. The molecule has 5 heteroatoms. The summed E-state index contributed by atoms with van der Waals surface area (Å²) in [6, 6.07) is 17.1. The highest BCUT2D eigenvalue weighted by Gasteiger charge is 2.33. The summed E-state index contributed by atoms with van der Waals surface area (Å²) < 4.78 is 5.66. The van der Waals surface area contributed by atoms with Gasteiger partial charge in [0.2, 0.25) is 5.91 Å². The zero-order chi connectivity index (χ0) is 21.5. The van der Waals surface area contributed by atoms with E-state index in [9.17, 15) is 9.59 Å². The number of nitrogens with one attached hydrogen (secondary N) is 1. The first-order chi connectivity index (χ1) is 15.2. The summed E-state index contributed by atoms with van der Waals surface area (Å²) in [5.41, 5.74) is 2.11.